The SMILES string of the molecule is Cn1cc(CN(C(=O)[C@@H](c2ccc(F)cc2)N2CCCCC2)C2CC2)cn1. The smallest absolute Gasteiger partial charge is 0.245 e. The van der Waals surface area contributed by atoms with Gasteiger partial charge in [0.25, 0.3) is 0 Å². The van der Waals surface area contributed by atoms with Crippen molar-refractivity contribution in [2.24, 2.45) is 7.05 Å². The number of rotatable bonds is 6. The van der Waals surface area contributed by atoms with E-state index < -0.39 is 0 Å². The zero-order valence-electron chi connectivity index (χ0n) is 15.9. The molecule has 0 bridgehead atoms. The van der Waals surface area contributed by atoms with E-state index in [1.54, 1.807) is 16.8 Å². The lowest BCUT2D eigenvalue weighted by atomic mass is 10.00. The van der Waals surface area contributed by atoms with Gasteiger partial charge in [0.1, 0.15) is 11.9 Å². The van der Waals surface area contributed by atoms with Gasteiger partial charge in [0.15, 0.2) is 0 Å². The summed E-state index contributed by atoms with van der Waals surface area (Å²) in [5.74, 6) is -0.132. The molecule has 144 valence electrons. The average molecular weight is 370 g/mol. The molecule has 1 aliphatic carbocycles. The van der Waals surface area contributed by atoms with Gasteiger partial charge in [0, 0.05) is 31.4 Å². The number of piperidine rings is 1. The standard InChI is InChI=1S/C21H27FN4O/c1-24-14-16(13-23-24)15-26(19-9-10-19)21(27)20(25-11-3-2-4-12-25)17-5-7-18(22)8-6-17/h5-8,13-14,19-20H,2-4,9-12,15H2,1H3/t20-/m1/s1. The number of nitrogens with zero attached hydrogens (tertiary/aromatic N) is 4. The first-order valence-electron chi connectivity index (χ1n) is 9.89. The van der Waals surface area contributed by atoms with Crippen molar-refractivity contribution in [1.82, 2.24) is 19.6 Å². The third-order valence-corrected chi connectivity index (χ3v) is 5.56. The van der Waals surface area contributed by atoms with Gasteiger partial charge in [-0.05, 0) is 56.5 Å². The molecule has 2 fully saturated rings. The molecule has 1 atom stereocenters. The first kappa shape index (κ1) is 18.2. The summed E-state index contributed by atoms with van der Waals surface area (Å²) in [6.07, 6.45) is 9.34. The normalized spacial score (nSPS) is 19.0. The summed E-state index contributed by atoms with van der Waals surface area (Å²) in [6.45, 7) is 2.42. The van der Waals surface area contributed by atoms with Gasteiger partial charge in [-0.15, -0.1) is 0 Å². The maximum Gasteiger partial charge on any atom is 0.245 e. The maximum absolute atomic E-state index is 13.7. The van der Waals surface area contributed by atoms with Crippen LogP contribution in [-0.4, -0.2) is 44.6 Å². The van der Waals surface area contributed by atoms with E-state index in [9.17, 15) is 9.18 Å². The van der Waals surface area contributed by atoms with Crippen LogP contribution in [-0.2, 0) is 18.4 Å². The first-order chi connectivity index (χ1) is 13.1. The largest absolute Gasteiger partial charge is 0.334 e. The summed E-state index contributed by atoms with van der Waals surface area (Å²) in [5, 5.41) is 4.24. The van der Waals surface area contributed by atoms with E-state index in [-0.39, 0.29) is 17.8 Å². The van der Waals surface area contributed by atoms with E-state index in [1.165, 1.54) is 18.6 Å². The molecule has 2 aliphatic rings. The number of hydrogen-bond donors (Lipinski definition) is 0. The third kappa shape index (κ3) is 4.21. The Morgan fingerprint density at radius 1 is 1.22 bits per heavy atom. The Bertz CT molecular complexity index is 778. The van der Waals surface area contributed by atoms with Crippen LogP contribution in [0.3, 0.4) is 0 Å². The number of likely N-dealkylation sites (tertiary alicyclic amines) is 1. The predicted molar refractivity (Wildman–Crippen MR) is 101 cm³/mol. The molecule has 27 heavy (non-hydrogen) atoms. The minimum Gasteiger partial charge on any atom is -0.334 e. The van der Waals surface area contributed by atoms with Crippen LogP contribution >= 0.6 is 0 Å². The molecule has 1 aliphatic heterocycles. The second-order valence-electron chi connectivity index (χ2n) is 7.77. The van der Waals surface area contributed by atoms with Crippen molar-refractivity contribution >= 4 is 5.91 Å². The van der Waals surface area contributed by atoms with Crippen LogP contribution in [0.15, 0.2) is 36.7 Å². The second-order valence-corrected chi connectivity index (χ2v) is 7.77. The van der Waals surface area contributed by atoms with Crippen molar-refractivity contribution in [3.8, 4) is 0 Å². The Balaban J connectivity index is 1.62. The van der Waals surface area contributed by atoms with E-state index in [0.29, 0.717) is 12.6 Å². The Hall–Kier alpha value is -2.21. The van der Waals surface area contributed by atoms with Crippen LogP contribution < -0.4 is 0 Å². The number of hydrogen-bond acceptors (Lipinski definition) is 3. The molecule has 0 unspecified atom stereocenters. The molecule has 6 heteroatoms. The Labute approximate surface area is 159 Å². The van der Waals surface area contributed by atoms with Gasteiger partial charge in [0.05, 0.1) is 6.20 Å². The lowest BCUT2D eigenvalue weighted by Crippen LogP contribution is -2.45. The monoisotopic (exact) mass is 370 g/mol. The highest BCUT2D eigenvalue weighted by molar-refractivity contribution is 5.84. The van der Waals surface area contributed by atoms with Crippen molar-refractivity contribution in [2.45, 2.75) is 50.7 Å². The van der Waals surface area contributed by atoms with Crippen LogP contribution in [0.4, 0.5) is 4.39 Å². The Morgan fingerprint density at radius 2 is 1.93 bits per heavy atom. The van der Waals surface area contributed by atoms with Crippen LogP contribution in [0.25, 0.3) is 0 Å². The third-order valence-electron chi connectivity index (χ3n) is 5.56. The van der Waals surface area contributed by atoms with Crippen molar-refractivity contribution in [2.75, 3.05) is 13.1 Å². The summed E-state index contributed by atoms with van der Waals surface area (Å²) in [4.78, 5) is 18.0. The minimum absolute atomic E-state index is 0.134. The molecular formula is C21H27FN4O. The number of carbonyl (C=O) groups excluding carboxylic acids is 1. The number of carbonyl (C=O) groups is 1. The van der Waals surface area contributed by atoms with Gasteiger partial charge < -0.3 is 4.90 Å². The molecule has 2 heterocycles. The zero-order chi connectivity index (χ0) is 18.8. The summed E-state index contributed by atoms with van der Waals surface area (Å²) in [6, 6.07) is 6.43. The molecule has 4 rings (SSSR count). The number of halogens is 1. The molecule has 1 amide bonds. The number of aryl methyl sites for hydroxylation is 1. The highest BCUT2D eigenvalue weighted by Crippen LogP contribution is 2.34. The highest BCUT2D eigenvalue weighted by Gasteiger charge is 2.39. The number of aromatic nitrogens is 2. The molecule has 2 aromatic rings. The van der Waals surface area contributed by atoms with Gasteiger partial charge in [-0.1, -0.05) is 18.6 Å². The fraction of sp³-hybridized carbons (Fsp3) is 0.524. The van der Waals surface area contributed by atoms with Gasteiger partial charge in [-0.2, -0.15) is 5.10 Å². The highest BCUT2D eigenvalue weighted by atomic mass is 19.1. The van der Waals surface area contributed by atoms with Crippen LogP contribution in [0, 0.1) is 5.82 Å². The van der Waals surface area contributed by atoms with E-state index in [0.717, 1.165) is 49.9 Å². The number of amides is 1. The fourth-order valence-electron chi connectivity index (χ4n) is 4.01. The predicted octanol–water partition coefficient (Wildman–Crippen LogP) is 3.28. The molecular weight excluding hydrogens is 343 g/mol. The van der Waals surface area contributed by atoms with Crippen molar-refractivity contribution < 1.29 is 9.18 Å². The summed E-state index contributed by atoms with van der Waals surface area (Å²) in [5.41, 5.74) is 1.94. The minimum atomic E-state index is -0.330. The van der Waals surface area contributed by atoms with E-state index in [1.807, 2.05) is 24.3 Å². The quantitative estimate of drug-likeness (QED) is 0.784. The van der Waals surface area contributed by atoms with E-state index >= 15 is 0 Å². The van der Waals surface area contributed by atoms with E-state index in [2.05, 4.69) is 10.00 Å². The van der Waals surface area contributed by atoms with Crippen LogP contribution in [0.5, 0.6) is 0 Å². The average Bonchev–Trinajstić information content (AvgIpc) is 3.44. The Kier molecular flexibility index (Phi) is 5.25. The summed E-state index contributed by atoms with van der Waals surface area (Å²) in [7, 11) is 1.89. The molecule has 1 saturated carbocycles. The lowest BCUT2D eigenvalue weighted by molar-refractivity contribution is -0.139. The molecule has 1 saturated heterocycles. The summed E-state index contributed by atoms with van der Waals surface area (Å²) >= 11 is 0. The van der Waals surface area contributed by atoms with Crippen LogP contribution in [0.1, 0.15) is 49.3 Å². The topological polar surface area (TPSA) is 41.4 Å². The summed E-state index contributed by atoms with van der Waals surface area (Å²) < 4.78 is 15.2. The molecule has 0 spiro atoms. The van der Waals surface area contributed by atoms with Gasteiger partial charge in [-0.25, -0.2) is 4.39 Å². The van der Waals surface area contributed by atoms with Crippen molar-refractivity contribution in [3.05, 3.63) is 53.6 Å². The lowest BCUT2D eigenvalue weighted by Gasteiger charge is -2.37. The van der Waals surface area contributed by atoms with Gasteiger partial charge in [-0.3, -0.25) is 14.4 Å². The van der Waals surface area contributed by atoms with Crippen molar-refractivity contribution in [1.29, 1.82) is 0 Å². The van der Waals surface area contributed by atoms with Crippen LogP contribution in [0.2, 0.25) is 0 Å². The van der Waals surface area contributed by atoms with Gasteiger partial charge in [0.2, 0.25) is 5.91 Å². The zero-order valence-corrected chi connectivity index (χ0v) is 15.9. The van der Waals surface area contributed by atoms with Gasteiger partial charge >= 0.3 is 0 Å². The van der Waals surface area contributed by atoms with Crippen molar-refractivity contribution in [3.63, 3.8) is 0 Å². The second kappa shape index (κ2) is 7.80. The molecule has 0 N–H and O–H groups in total. The fourth-order valence-corrected chi connectivity index (χ4v) is 4.01. The van der Waals surface area contributed by atoms with E-state index in [4.69, 9.17) is 0 Å². The first-order valence-corrected chi connectivity index (χ1v) is 9.89. The molecule has 1 aromatic heterocycles. The Morgan fingerprint density at radius 3 is 2.52 bits per heavy atom. The maximum atomic E-state index is 13.7. The molecule has 0 radical (unpaired) electrons. The number of benzene rings is 1. The molecule has 1 aromatic carbocycles. The molecule has 5 nitrogen and oxygen atoms in total.